The molecule has 2 aromatic carbocycles. The maximum atomic E-state index is 13.0. The third-order valence-corrected chi connectivity index (χ3v) is 4.33. The molecule has 0 saturated heterocycles. The van der Waals surface area contributed by atoms with Crippen molar-refractivity contribution in [1.29, 1.82) is 0 Å². The lowest BCUT2D eigenvalue weighted by Crippen LogP contribution is -2.11. The van der Waals surface area contributed by atoms with E-state index in [4.69, 9.17) is 27.9 Å². The van der Waals surface area contributed by atoms with Crippen molar-refractivity contribution in [3.05, 3.63) is 57.6 Å². The van der Waals surface area contributed by atoms with Gasteiger partial charge < -0.3 is 4.74 Å². The Bertz CT molecular complexity index is 967. The molecule has 0 N–H and O–H groups in total. The highest BCUT2D eigenvalue weighted by molar-refractivity contribution is 7.07. The Balaban J connectivity index is 1.98. The van der Waals surface area contributed by atoms with Crippen LogP contribution in [0.5, 0.6) is 10.9 Å². The van der Waals surface area contributed by atoms with Gasteiger partial charge in [0, 0.05) is 27.1 Å². The topological polar surface area (TPSA) is 35.0 Å². The van der Waals surface area contributed by atoms with Crippen molar-refractivity contribution in [1.82, 2.24) is 9.36 Å². The zero-order valence-corrected chi connectivity index (χ0v) is 15.5. The highest BCUT2D eigenvalue weighted by Crippen LogP contribution is 2.39. The minimum absolute atomic E-state index is 0.0290. The lowest BCUT2D eigenvalue weighted by molar-refractivity contribution is -0.143. The summed E-state index contributed by atoms with van der Waals surface area (Å²) in [7, 11) is 0. The molecule has 0 fully saturated rings. The minimum atomic E-state index is -4.97. The summed E-state index contributed by atoms with van der Waals surface area (Å²) in [6.45, 7) is 0. The van der Waals surface area contributed by atoms with E-state index in [2.05, 4.69) is 9.36 Å². The Hall–Kier alpha value is -2.04. The molecule has 0 atom stereocenters. The molecule has 148 valence electrons. The summed E-state index contributed by atoms with van der Waals surface area (Å²) in [6.07, 6.45) is -9.94. The number of hydrogen-bond donors (Lipinski definition) is 0. The molecule has 0 aliphatic carbocycles. The third kappa shape index (κ3) is 4.86. The van der Waals surface area contributed by atoms with Gasteiger partial charge in [-0.3, -0.25) is 0 Å². The summed E-state index contributed by atoms with van der Waals surface area (Å²) >= 11 is 12.3. The number of nitrogens with zero attached hydrogens (tertiary/aromatic N) is 2. The van der Waals surface area contributed by atoms with Crippen LogP contribution >= 0.6 is 34.7 Å². The standard InChI is InChI=1S/C16H6Cl2F6N2OS/c17-10-4-11(18)6-12(5-10)27-14-25-13(26-28-14)7-1-8(15(19,20)21)3-9(2-7)16(22,23)24/h1-6H. The first-order valence-corrected chi connectivity index (χ1v) is 8.72. The summed E-state index contributed by atoms with van der Waals surface area (Å²) < 4.78 is 86.9. The van der Waals surface area contributed by atoms with Crippen LogP contribution in [-0.4, -0.2) is 9.36 Å². The molecule has 28 heavy (non-hydrogen) atoms. The summed E-state index contributed by atoms with van der Waals surface area (Å²) in [5, 5.41) is 0.416. The highest BCUT2D eigenvalue weighted by Gasteiger charge is 2.37. The molecule has 1 heterocycles. The first-order chi connectivity index (χ1) is 12.9. The largest absolute Gasteiger partial charge is 0.430 e. The van der Waals surface area contributed by atoms with Gasteiger partial charge in [0.2, 0.25) is 0 Å². The van der Waals surface area contributed by atoms with Crippen LogP contribution in [0, 0.1) is 0 Å². The molecule has 3 rings (SSSR count). The second kappa shape index (κ2) is 7.41. The average molecular weight is 459 g/mol. The molecule has 1 aromatic heterocycles. The smallest absolute Gasteiger partial charge is 0.416 e. The van der Waals surface area contributed by atoms with E-state index in [1.54, 1.807) is 0 Å². The van der Waals surface area contributed by atoms with E-state index < -0.39 is 29.0 Å². The van der Waals surface area contributed by atoms with E-state index >= 15 is 0 Å². The number of alkyl halides is 6. The number of ether oxygens (including phenoxy) is 1. The molecule has 0 radical (unpaired) electrons. The monoisotopic (exact) mass is 458 g/mol. The third-order valence-electron chi connectivity index (χ3n) is 3.29. The molecule has 0 spiro atoms. The van der Waals surface area contributed by atoms with Crippen molar-refractivity contribution >= 4 is 34.7 Å². The molecule has 0 aliphatic rings. The number of hydrogen-bond acceptors (Lipinski definition) is 4. The minimum Gasteiger partial charge on any atom is -0.430 e. The summed E-state index contributed by atoms with van der Waals surface area (Å²) in [5.74, 6) is -0.162. The van der Waals surface area contributed by atoms with Crippen molar-refractivity contribution in [2.75, 3.05) is 0 Å². The van der Waals surface area contributed by atoms with Crippen molar-refractivity contribution in [2.45, 2.75) is 12.4 Å². The van der Waals surface area contributed by atoms with Gasteiger partial charge >= 0.3 is 12.4 Å². The molecule has 0 saturated carbocycles. The lowest BCUT2D eigenvalue weighted by Gasteiger charge is -2.13. The van der Waals surface area contributed by atoms with E-state index in [0.29, 0.717) is 23.7 Å². The molecule has 0 aliphatic heterocycles. The number of benzene rings is 2. The molecule has 0 bridgehead atoms. The van der Waals surface area contributed by atoms with Gasteiger partial charge in [-0.25, -0.2) is 0 Å². The molecule has 3 aromatic rings. The molecule has 3 nitrogen and oxygen atoms in total. The molecule has 0 amide bonds. The zero-order valence-electron chi connectivity index (χ0n) is 13.2. The Labute approximate surface area is 167 Å². The number of rotatable bonds is 3. The van der Waals surface area contributed by atoms with Crippen LogP contribution in [0.25, 0.3) is 11.4 Å². The normalized spacial score (nSPS) is 12.3. The van der Waals surface area contributed by atoms with Crippen LogP contribution < -0.4 is 4.74 Å². The first-order valence-electron chi connectivity index (χ1n) is 7.19. The Morgan fingerprint density at radius 1 is 0.786 bits per heavy atom. The van der Waals surface area contributed by atoms with Crippen LogP contribution in [0.15, 0.2) is 36.4 Å². The van der Waals surface area contributed by atoms with Crippen molar-refractivity contribution < 1.29 is 31.1 Å². The van der Waals surface area contributed by atoms with Gasteiger partial charge in [-0.2, -0.15) is 35.7 Å². The van der Waals surface area contributed by atoms with Gasteiger partial charge in [0.25, 0.3) is 5.19 Å². The molecular formula is C16H6Cl2F6N2OS. The highest BCUT2D eigenvalue weighted by atomic mass is 35.5. The van der Waals surface area contributed by atoms with Crippen molar-refractivity contribution in [3.63, 3.8) is 0 Å². The molecular weight excluding hydrogens is 453 g/mol. The van der Waals surface area contributed by atoms with E-state index in [1.165, 1.54) is 18.2 Å². The summed E-state index contributed by atoms with van der Waals surface area (Å²) in [4.78, 5) is 3.85. The van der Waals surface area contributed by atoms with Crippen LogP contribution in [0.2, 0.25) is 10.0 Å². The van der Waals surface area contributed by atoms with Gasteiger partial charge in [-0.1, -0.05) is 23.2 Å². The van der Waals surface area contributed by atoms with Crippen LogP contribution in [-0.2, 0) is 12.4 Å². The maximum absolute atomic E-state index is 13.0. The van der Waals surface area contributed by atoms with Gasteiger partial charge in [-0.15, -0.1) is 0 Å². The van der Waals surface area contributed by atoms with Gasteiger partial charge in [0.15, 0.2) is 5.82 Å². The van der Waals surface area contributed by atoms with Crippen LogP contribution in [0.1, 0.15) is 11.1 Å². The lowest BCUT2D eigenvalue weighted by atomic mass is 10.0. The maximum Gasteiger partial charge on any atom is 0.416 e. The van der Waals surface area contributed by atoms with E-state index in [-0.39, 0.29) is 32.9 Å². The second-order valence-electron chi connectivity index (χ2n) is 5.39. The van der Waals surface area contributed by atoms with Gasteiger partial charge in [0.1, 0.15) is 5.75 Å². The van der Waals surface area contributed by atoms with Crippen molar-refractivity contribution in [2.24, 2.45) is 0 Å². The number of aromatic nitrogens is 2. The Morgan fingerprint density at radius 2 is 1.32 bits per heavy atom. The van der Waals surface area contributed by atoms with Gasteiger partial charge in [-0.05, 0) is 36.4 Å². The zero-order chi connectivity index (χ0) is 20.7. The summed E-state index contributed by atoms with van der Waals surface area (Å²) in [6, 6.07) is 5.36. The number of halogens is 8. The molecule has 12 heteroatoms. The summed E-state index contributed by atoms with van der Waals surface area (Å²) in [5.41, 5.74) is -3.37. The van der Waals surface area contributed by atoms with Crippen LogP contribution in [0.4, 0.5) is 26.3 Å². The fourth-order valence-corrected chi connectivity index (χ4v) is 3.22. The first kappa shape index (κ1) is 20.7. The van der Waals surface area contributed by atoms with Gasteiger partial charge in [0.05, 0.1) is 11.1 Å². The second-order valence-corrected chi connectivity index (χ2v) is 6.97. The van der Waals surface area contributed by atoms with E-state index in [1.807, 2.05) is 0 Å². The molecule has 0 unspecified atom stereocenters. The van der Waals surface area contributed by atoms with Crippen LogP contribution in [0.3, 0.4) is 0 Å². The Kier molecular flexibility index (Phi) is 5.48. The fourth-order valence-electron chi connectivity index (χ4n) is 2.14. The Morgan fingerprint density at radius 3 is 1.82 bits per heavy atom. The average Bonchev–Trinajstić information content (AvgIpc) is 3.00. The van der Waals surface area contributed by atoms with E-state index in [0.717, 1.165) is 0 Å². The SMILES string of the molecule is FC(F)(F)c1cc(-c2nsc(Oc3cc(Cl)cc(Cl)c3)n2)cc(C(F)(F)F)c1. The quantitative estimate of drug-likeness (QED) is 0.385. The van der Waals surface area contributed by atoms with Crippen molar-refractivity contribution in [3.8, 4) is 22.3 Å². The predicted octanol–water partition coefficient (Wildman–Crippen LogP) is 7.34. The predicted molar refractivity (Wildman–Crippen MR) is 91.9 cm³/mol. The fraction of sp³-hybridized carbons (Fsp3) is 0.125. The van der Waals surface area contributed by atoms with E-state index in [9.17, 15) is 26.3 Å².